The molecule has 0 aliphatic carbocycles. The Morgan fingerprint density at radius 1 is 1.55 bits per heavy atom. The molecule has 0 aromatic carbocycles. The number of nitrogens with zero attached hydrogens (tertiary/aromatic N) is 1. The fourth-order valence-electron chi connectivity index (χ4n) is 2.53. The smallest absolute Gasteiger partial charge is 0.382 e. The zero-order valence-electron chi connectivity index (χ0n) is 11.2. The van der Waals surface area contributed by atoms with Gasteiger partial charge >= 0.3 is 7.82 Å². The van der Waals surface area contributed by atoms with E-state index in [2.05, 4.69) is 9.51 Å². The van der Waals surface area contributed by atoms with Crippen molar-refractivity contribution in [1.82, 2.24) is 9.55 Å². The van der Waals surface area contributed by atoms with Crippen LogP contribution in [-0.2, 0) is 18.6 Å². The Bertz CT molecular complexity index is 769. The number of epoxide rings is 1. The summed E-state index contributed by atoms with van der Waals surface area (Å²) in [5.41, 5.74) is -1.94. The minimum absolute atomic E-state index is 0.0325. The van der Waals surface area contributed by atoms with E-state index in [1.54, 1.807) is 0 Å². The van der Waals surface area contributed by atoms with Crippen molar-refractivity contribution in [3.05, 3.63) is 27.4 Å². The van der Waals surface area contributed by atoms with Crippen LogP contribution in [0.4, 0.5) is 0 Å². The Hall–Kier alpha value is -0.910. The zero-order chi connectivity index (χ0) is 16.3. The van der Waals surface area contributed by atoms with Crippen LogP contribution >= 0.6 is 20.0 Å². The second-order valence-electron chi connectivity index (χ2n) is 5.29. The van der Waals surface area contributed by atoms with Crippen LogP contribution in [0, 0.1) is 4.77 Å². The molecular weight excluding hydrogens is 339 g/mol. The predicted molar refractivity (Wildman–Crippen MR) is 72.2 cm³/mol. The fraction of sp³-hybridized carbons (Fsp3) is 0.600. The van der Waals surface area contributed by atoms with Gasteiger partial charge in [-0.15, -0.1) is 0 Å². The lowest BCUT2D eigenvalue weighted by molar-refractivity contribution is -0.191. The van der Waals surface area contributed by atoms with Crippen molar-refractivity contribution in [2.75, 3.05) is 6.61 Å². The number of aliphatic hydroxyl groups is 1. The lowest BCUT2D eigenvalue weighted by Gasteiger charge is -2.28. The molecule has 3 unspecified atom stereocenters. The van der Waals surface area contributed by atoms with Crippen molar-refractivity contribution < 1.29 is 33.5 Å². The molecule has 3 rings (SSSR count). The lowest BCUT2D eigenvalue weighted by Crippen LogP contribution is -2.39. The number of H-pyrrole nitrogens is 1. The SMILES string of the molecule is CC1(O)C2OC2(COP(=O)(O)O)O[C@H]1n1ccc(=O)[nH]c1=S. The van der Waals surface area contributed by atoms with E-state index in [0.717, 1.165) is 0 Å². The van der Waals surface area contributed by atoms with Crippen LogP contribution in [0.2, 0.25) is 0 Å². The fourth-order valence-corrected chi connectivity index (χ4v) is 3.13. The summed E-state index contributed by atoms with van der Waals surface area (Å²) in [6.07, 6.45) is -0.496. The van der Waals surface area contributed by atoms with Gasteiger partial charge in [0.1, 0.15) is 12.2 Å². The van der Waals surface area contributed by atoms with Crippen LogP contribution in [0.25, 0.3) is 0 Å². The summed E-state index contributed by atoms with van der Waals surface area (Å²) in [4.78, 5) is 31.1. The van der Waals surface area contributed by atoms with Crippen LogP contribution in [0.3, 0.4) is 0 Å². The normalized spacial score (nSPS) is 37.1. The number of hydrogen-bond acceptors (Lipinski definition) is 7. The number of ether oxygens (including phenoxy) is 2. The predicted octanol–water partition coefficient (Wildman–Crippen LogP) is -0.610. The molecule has 2 saturated heterocycles. The maximum Gasteiger partial charge on any atom is 0.469 e. The van der Waals surface area contributed by atoms with Gasteiger partial charge in [-0.1, -0.05) is 0 Å². The highest BCUT2D eigenvalue weighted by atomic mass is 32.1. The molecule has 2 aliphatic rings. The van der Waals surface area contributed by atoms with Gasteiger partial charge in [0.2, 0.25) is 5.79 Å². The summed E-state index contributed by atoms with van der Waals surface area (Å²) < 4.78 is 27.3. The standard InChI is InChI=1S/C10H13N2O8PS/c1-9(14)6-10(19-6,4-18-21(15,16)17)20-7(9)12-3-2-5(13)11-8(12)22/h2-3,6-7,14H,4H2,1H3,(H,11,13,22)(H2,15,16,17)/t6?,7-,9?,10?/m1/s1. The van der Waals surface area contributed by atoms with Crippen LogP contribution in [0.5, 0.6) is 0 Å². The van der Waals surface area contributed by atoms with Crippen LogP contribution in [-0.4, -0.2) is 48.5 Å². The molecule has 1 aromatic heterocycles. The maximum atomic E-state index is 11.2. The topological polar surface area (TPSA) is 147 Å². The molecule has 1 aromatic rings. The number of hydrogen-bond donors (Lipinski definition) is 4. The first-order valence-electron chi connectivity index (χ1n) is 6.15. The largest absolute Gasteiger partial charge is 0.469 e. The summed E-state index contributed by atoms with van der Waals surface area (Å²) in [7, 11) is -4.70. The molecule has 12 heteroatoms. The Morgan fingerprint density at radius 2 is 2.23 bits per heavy atom. The van der Waals surface area contributed by atoms with Gasteiger partial charge in [-0.05, 0) is 19.1 Å². The Balaban J connectivity index is 1.88. The van der Waals surface area contributed by atoms with Gasteiger partial charge < -0.3 is 24.4 Å². The molecule has 3 heterocycles. The summed E-state index contributed by atoms with van der Waals surface area (Å²) in [5, 5.41) is 10.5. The molecule has 2 fully saturated rings. The molecule has 0 spiro atoms. The number of phosphoric ester groups is 1. The molecule has 4 atom stereocenters. The Morgan fingerprint density at radius 3 is 2.82 bits per heavy atom. The van der Waals surface area contributed by atoms with Crippen molar-refractivity contribution in [2.24, 2.45) is 0 Å². The summed E-state index contributed by atoms with van der Waals surface area (Å²) >= 11 is 5.01. The number of fused-ring (bicyclic) bond motifs is 1. The van der Waals surface area contributed by atoms with Crippen molar-refractivity contribution >= 4 is 20.0 Å². The quantitative estimate of drug-likeness (QED) is 0.316. The first kappa shape index (κ1) is 16.0. The Labute approximate surface area is 128 Å². The summed E-state index contributed by atoms with van der Waals surface area (Å²) in [5.74, 6) is -1.46. The molecule has 22 heavy (non-hydrogen) atoms. The van der Waals surface area contributed by atoms with Crippen LogP contribution < -0.4 is 5.56 Å². The van der Waals surface area contributed by atoms with Gasteiger partial charge in [-0.2, -0.15) is 0 Å². The van der Waals surface area contributed by atoms with Crippen molar-refractivity contribution in [2.45, 2.75) is 30.6 Å². The van der Waals surface area contributed by atoms with E-state index in [0.29, 0.717) is 0 Å². The van der Waals surface area contributed by atoms with E-state index in [-0.39, 0.29) is 4.77 Å². The molecule has 10 nitrogen and oxygen atoms in total. The molecule has 0 bridgehead atoms. The van der Waals surface area contributed by atoms with Gasteiger partial charge in [0.05, 0.1) is 0 Å². The van der Waals surface area contributed by atoms with Crippen LogP contribution in [0.15, 0.2) is 17.1 Å². The molecule has 0 saturated carbocycles. The first-order chi connectivity index (χ1) is 10.1. The maximum absolute atomic E-state index is 11.2. The van der Waals surface area contributed by atoms with Gasteiger partial charge in [-0.25, -0.2) is 4.57 Å². The van der Waals surface area contributed by atoms with E-state index in [1.807, 2.05) is 0 Å². The van der Waals surface area contributed by atoms with Crippen LogP contribution in [0.1, 0.15) is 13.2 Å². The van der Waals surface area contributed by atoms with Crippen molar-refractivity contribution in [1.29, 1.82) is 0 Å². The second kappa shape index (κ2) is 4.79. The third kappa shape index (κ3) is 2.59. The summed E-state index contributed by atoms with van der Waals surface area (Å²) in [6.45, 7) is 0.882. The molecular formula is C10H13N2O8PS. The summed E-state index contributed by atoms with van der Waals surface area (Å²) in [6, 6.07) is 1.21. The van der Waals surface area contributed by atoms with Gasteiger partial charge in [0.25, 0.3) is 5.56 Å². The number of phosphoric acid groups is 1. The van der Waals surface area contributed by atoms with E-state index in [9.17, 15) is 14.5 Å². The van der Waals surface area contributed by atoms with Gasteiger partial charge in [0, 0.05) is 12.3 Å². The van der Waals surface area contributed by atoms with E-state index in [4.69, 9.17) is 31.5 Å². The van der Waals surface area contributed by atoms with E-state index >= 15 is 0 Å². The number of nitrogens with one attached hydrogen (secondary N) is 1. The average molecular weight is 352 g/mol. The third-order valence-corrected chi connectivity index (χ3v) is 4.32. The highest BCUT2D eigenvalue weighted by Gasteiger charge is 2.76. The zero-order valence-corrected chi connectivity index (χ0v) is 12.9. The van der Waals surface area contributed by atoms with Crippen molar-refractivity contribution in [3.8, 4) is 0 Å². The third-order valence-electron chi connectivity index (χ3n) is 3.54. The van der Waals surface area contributed by atoms with Gasteiger partial charge in [-0.3, -0.25) is 18.9 Å². The molecule has 0 amide bonds. The number of aromatic amines is 1. The van der Waals surface area contributed by atoms with Crippen molar-refractivity contribution in [3.63, 3.8) is 0 Å². The molecule has 4 N–H and O–H groups in total. The second-order valence-corrected chi connectivity index (χ2v) is 6.91. The average Bonchev–Trinajstić information content (AvgIpc) is 3.05. The monoisotopic (exact) mass is 352 g/mol. The number of aromatic nitrogens is 2. The minimum Gasteiger partial charge on any atom is -0.382 e. The highest BCUT2D eigenvalue weighted by Crippen LogP contribution is 2.58. The molecule has 122 valence electrons. The minimum atomic E-state index is -4.70. The van der Waals surface area contributed by atoms with E-state index in [1.165, 1.54) is 23.8 Å². The first-order valence-corrected chi connectivity index (χ1v) is 8.09. The molecule has 2 aliphatic heterocycles. The Kier molecular flexibility index (Phi) is 3.48. The molecule has 0 radical (unpaired) electrons. The van der Waals surface area contributed by atoms with Gasteiger partial charge in [0.15, 0.2) is 17.1 Å². The highest BCUT2D eigenvalue weighted by molar-refractivity contribution is 7.71. The lowest BCUT2D eigenvalue weighted by atomic mass is 10.00. The number of rotatable bonds is 4. The van der Waals surface area contributed by atoms with E-state index < -0.39 is 43.7 Å².